The van der Waals surface area contributed by atoms with E-state index >= 15 is 0 Å². The van der Waals surface area contributed by atoms with Crippen LogP contribution in [-0.2, 0) is 3.07 Å². The van der Waals surface area contributed by atoms with Crippen LogP contribution in [0.4, 0.5) is 0 Å². The number of halogens is 1. The molecule has 3 nitrogen and oxygen atoms in total. The van der Waals surface area contributed by atoms with E-state index in [1.165, 1.54) is 0 Å². The van der Waals surface area contributed by atoms with Crippen molar-refractivity contribution < 1.29 is 12.6 Å². The SMILES string of the molecule is O=Ic1ccccc1C(=O)Oc1ccccc1. The van der Waals surface area contributed by atoms with Crippen LogP contribution in [0.1, 0.15) is 10.4 Å². The van der Waals surface area contributed by atoms with Crippen LogP contribution < -0.4 is 4.74 Å². The van der Waals surface area contributed by atoms with Crippen LogP contribution in [0.25, 0.3) is 0 Å². The van der Waals surface area contributed by atoms with Gasteiger partial charge in [-0.25, -0.2) is 4.79 Å². The Labute approximate surface area is 109 Å². The smallest absolute Gasteiger partial charge is 0.344 e. The molecule has 0 radical (unpaired) electrons. The number of esters is 1. The highest BCUT2D eigenvalue weighted by Gasteiger charge is 2.12. The Balaban J connectivity index is 2.23. The first-order valence-corrected chi connectivity index (χ1v) is 6.90. The zero-order valence-electron chi connectivity index (χ0n) is 8.80. The number of ether oxygens (including phenoxy) is 1. The minimum atomic E-state index is -1.37. The first kappa shape index (κ1) is 11.9. The van der Waals surface area contributed by atoms with Crippen molar-refractivity contribution in [3.05, 3.63) is 63.7 Å². The second kappa shape index (κ2) is 5.67. The van der Waals surface area contributed by atoms with Crippen LogP contribution in [0.2, 0.25) is 0 Å². The van der Waals surface area contributed by atoms with Gasteiger partial charge < -0.3 is 4.74 Å². The molecule has 2 rings (SSSR count). The van der Waals surface area contributed by atoms with E-state index in [1.807, 2.05) is 6.07 Å². The van der Waals surface area contributed by atoms with Gasteiger partial charge in [0.1, 0.15) is 5.75 Å². The molecule has 0 saturated heterocycles. The molecule has 0 fully saturated rings. The summed E-state index contributed by atoms with van der Waals surface area (Å²) in [6, 6.07) is 15.6. The van der Waals surface area contributed by atoms with E-state index in [1.54, 1.807) is 48.5 Å². The number of rotatable bonds is 3. The van der Waals surface area contributed by atoms with Crippen molar-refractivity contribution in [2.24, 2.45) is 0 Å². The summed E-state index contributed by atoms with van der Waals surface area (Å²) in [6.07, 6.45) is 0. The average Bonchev–Trinajstić information content (AvgIpc) is 2.40. The van der Waals surface area contributed by atoms with Gasteiger partial charge in [0.15, 0.2) is 21.2 Å². The third-order valence-electron chi connectivity index (χ3n) is 2.13. The van der Waals surface area contributed by atoms with E-state index in [4.69, 9.17) is 4.74 Å². The minimum absolute atomic E-state index is 0.374. The summed E-state index contributed by atoms with van der Waals surface area (Å²) in [7, 11) is 0. The summed E-state index contributed by atoms with van der Waals surface area (Å²) in [5, 5.41) is 0. The maximum atomic E-state index is 11.9. The predicted octanol–water partition coefficient (Wildman–Crippen LogP) is 3.39. The maximum Gasteiger partial charge on any atom is 0.344 e. The number of para-hydroxylation sites is 1. The summed E-state index contributed by atoms with van der Waals surface area (Å²) in [5.41, 5.74) is 0.374. The second-order valence-corrected chi connectivity index (χ2v) is 4.86. The molecule has 4 heteroatoms. The summed E-state index contributed by atoms with van der Waals surface area (Å²) in [5.74, 6) is 0.0127. The summed E-state index contributed by atoms with van der Waals surface area (Å²) < 4.78 is 16.8. The Bertz CT molecular complexity index is 537. The fourth-order valence-electron chi connectivity index (χ4n) is 1.34. The number of carbonyl (C=O) groups excluding carboxylic acids is 1. The van der Waals surface area contributed by atoms with Gasteiger partial charge >= 0.3 is 5.97 Å². The van der Waals surface area contributed by atoms with Gasteiger partial charge in [0.25, 0.3) is 0 Å². The normalized spacial score (nSPS) is 9.88. The number of hydrogen-bond donors (Lipinski definition) is 0. The van der Waals surface area contributed by atoms with Gasteiger partial charge in [-0.3, -0.25) is 3.07 Å². The first-order valence-electron chi connectivity index (χ1n) is 4.94. The maximum absolute atomic E-state index is 11.9. The van der Waals surface area contributed by atoms with Gasteiger partial charge in [0.05, 0.1) is 9.13 Å². The standard InChI is InChI=1S/C13H9IO3/c15-13(17-10-6-2-1-3-7-10)11-8-4-5-9-12(11)14-16/h1-9H. The molecule has 0 bridgehead atoms. The third-order valence-corrected chi connectivity index (χ3v) is 3.55. The van der Waals surface area contributed by atoms with Gasteiger partial charge in [-0.15, -0.1) is 0 Å². The van der Waals surface area contributed by atoms with Crippen molar-refractivity contribution in [1.29, 1.82) is 0 Å². The molecule has 0 spiro atoms. The van der Waals surface area contributed by atoms with Gasteiger partial charge in [0, 0.05) is 0 Å². The lowest BCUT2D eigenvalue weighted by Crippen LogP contribution is -2.10. The molecule has 86 valence electrons. The van der Waals surface area contributed by atoms with Crippen LogP contribution in [0.15, 0.2) is 54.6 Å². The lowest BCUT2D eigenvalue weighted by Gasteiger charge is -2.04. The zero-order valence-corrected chi connectivity index (χ0v) is 11.0. The topological polar surface area (TPSA) is 43.4 Å². The Morgan fingerprint density at radius 3 is 2.29 bits per heavy atom. The molecule has 0 aromatic heterocycles. The van der Waals surface area contributed by atoms with Crippen molar-refractivity contribution in [1.82, 2.24) is 0 Å². The van der Waals surface area contributed by atoms with Gasteiger partial charge in [0.2, 0.25) is 0 Å². The molecule has 0 saturated carbocycles. The molecule has 0 aliphatic heterocycles. The Kier molecular flexibility index (Phi) is 3.98. The Hall–Kier alpha value is -1.56. The molecule has 0 aliphatic carbocycles. The lowest BCUT2D eigenvalue weighted by molar-refractivity contribution is 0.0733. The molecule has 2 aromatic carbocycles. The van der Waals surface area contributed by atoms with Crippen molar-refractivity contribution >= 4 is 27.2 Å². The zero-order chi connectivity index (χ0) is 12.1. The van der Waals surface area contributed by atoms with E-state index < -0.39 is 27.2 Å². The molecule has 0 aliphatic rings. The highest BCUT2D eigenvalue weighted by Crippen LogP contribution is 2.18. The third kappa shape index (κ3) is 2.97. The second-order valence-electron chi connectivity index (χ2n) is 3.26. The quantitative estimate of drug-likeness (QED) is 0.489. The van der Waals surface area contributed by atoms with Gasteiger partial charge in [-0.2, -0.15) is 0 Å². The molecule has 0 N–H and O–H groups in total. The summed E-state index contributed by atoms with van der Waals surface area (Å²) in [4.78, 5) is 11.9. The molecule has 0 atom stereocenters. The molecule has 17 heavy (non-hydrogen) atoms. The fourth-order valence-corrected chi connectivity index (χ4v) is 2.34. The van der Waals surface area contributed by atoms with Crippen molar-refractivity contribution in [3.63, 3.8) is 0 Å². The van der Waals surface area contributed by atoms with Crippen LogP contribution in [0, 0.1) is 3.57 Å². The highest BCUT2D eigenvalue weighted by atomic mass is 127. The van der Waals surface area contributed by atoms with Crippen molar-refractivity contribution in [2.75, 3.05) is 0 Å². The number of benzene rings is 2. The van der Waals surface area contributed by atoms with Crippen molar-refractivity contribution in [3.8, 4) is 5.75 Å². The van der Waals surface area contributed by atoms with Crippen LogP contribution >= 0.6 is 21.2 Å². The van der Waals surface area contributed by atoms with Gasteiger partial charge in [-0.05, 0) is 24.3 Å². The summed E-state index contributed by atoms with van der Waals surface area (Å²) >= 11 is -1.37. The van der Waals surface area contributed by atoms with E-state index in [-0.39, 0.29) is 0 Å². The largest absolute Gasteiger partial charge is 0.423 e. The molecular weight excluding hydrogens is 331 g/mol. The highest BCUT2D eigenvalue weighted by molar-refractivity contribution is 14.1. The monoisotopic (exact) mass is 340 g/mol. The molecular formula is C13H9IO3. The minimum Gasteiger partial charge on any atom is -0.423 e. The molecule has 0 amide bonds. The molecule has 2 aromatic rings. The lowest BCUT2D eigenvalue weighted by atomic mass is 10.2. The Morgan fingerprint density at radius 2 is 1.59 bits per heavy atom. The van der Waals surface area contributed by atoms with Gasteiger partial charge in [-0.1, -0.05) is 30.3 Å². The first-order chi connectivity index (χ1) is 8.31. The molecule has 0 heterocycles. The number of hydrogen-bond acceptors (Lipinski definition) is 3. The van der Waals surface area contributed by atoms with Crippen LogP contribution in [0.5, 0.6) is 5.75 Å². The number of carbonyl (C=O) groups is 1. The predicted molar refractivity (Wildman–Crippen MR) is 71.2 cm³/mol. The molecule has 0 unspecified atom stereocenters. The van der Waals surface area contributed by atoms with E-state index in [0.29, 0.717) is 14.9 Å². The Morgan fingerprint density at radius 1 is 0.941 bits per heavy atom. The van der Waals surface area contributed by atoms with Crippen LogP contribution in [0.3, 0.4) is 0 Å². The average molecular weight is 340 g/mol. The summed E-state index contributed by atoms with van der Waals surface area (Å²) in [6.45, 7) is 0. The van der Waals surface area contributed by atoms with Crippen LogP contribution in [-0.4, -0.2) is 5.97 Å². The van der Waals surface area contributed by atoms with Crippen molar-refractivity contribution in [2.45, 2.75) is 0 Å². The fraction of sp³-hybridized carbons (Fsp3) is 0. The van der Waals surface area contributed by atoms with E-state index in [2.05, 4.69) is 0 Å². The van der Waals surface area contributed by atoms with E-state index in [0.717, 1.165) is 0 Å². The van der Waals surface area contributed by atoms with E-state index in [9.17, 15) is 7.86 Å².